The van der Waals surface area contributed by atoms with Crippen LogP contribution >= 0.6 is 0 Å². The smallest absolute Gasteiger partial charge is 0.300 e. The molecule has 102 valence electrons. The number of hydrogen-bond acceptors (Lipinski definition) is 6. The number of aromatic nitrogens is 2. The lowest BCUT2D eigenvalue weighted by molar-refractivity contribution is -0.385. The van der Waals surface area contributed by atoms with E-state index in [-0.39, 0.29) is 17.1 Å². The van der Waals surface area contributed by atoms with Gasteiger partial charge in [-0.25, -0.2) is 4.98 Å². The molecule has 2 heterocycles. The van der Waals surface area contributed by atoms with Crippen molar-refractivity contribution in [3.05, 3.63) is 52.5 Å². The summed E-state index contributed by atoms with van der Waals surface area (Å²) in [6, 6.07) is 4.52. The highest BCUT2D eigenvalue weighted by atomic mass is 16.6. The lowest BCUT2D eigenvalue weighted by Gasteiger charge is -2.16. The Kier molecular flexibility index (Phi) is 3.56. The van der Waals surface area contributed by atoms with E-state index in [1.54, 1.807) is 18.3 Å². The van der Waals surface area contributed by atoms with Crippen LogP contribution in [0.5, 0.6) is 0 Å². The van der Waals surface area contributed by atoms with Crippen LogP contribution in [0.4, 0.5) is 17.2 Å². The molecule has 0 unspecified atom stereocenters. The Labute approximate surface area is 114 Å². The van der Waals surface area contributed by atoms with Crippen molar-refractivity contribution in [2.75, 3.05) is 17.7 Å². The first-order valence-corrected chi connectivity index (χ1v) is 5.58. The highest BCUT2D eigenvalue weighted by Gasteiger charge is 2.24. The molecule has 0 radical (unpaired) electrons. The molecule has 0 atom stereocenters. The van der Waals surface area contributed by atoms with Crippen molar-refractivity contribution in [2.24, 2.45) is 0 Å². The van der Waals surface area contributed by atoms with Gasteiger partial charge < -0.3 is 10.6 Å². The normalized spacial score (nSPS) is 10.1. The molecule has 8 nitrogen and oxygen atoms in total. The molecule has 1 amide bonds. The van der Waals surface area contributed by atoms with E-state index in [9.17, 15) is 14.9 Å². The molecule has 0 aliphatic rings. The fourth-order valence-electron chi connectivity index (χ4n) is 1.63. The predicted octanol–water partition coefficient (Wildman–Crippen LogP) is 1.24. The number of nitro groups is 1. The summed E-state index contributed by atoms with van der Waals surface area (Å²) in [6.45, 7) is 0. The Morgan fingerprint density at radius 1 is 1.45 bits per heavy atom. The van der Waals surface area contributed by atoms with E-state index in [4.69, 9.17) is 5.73 Å². The zero-order valence-electron chi connectivity index (χ0n) is 10.6. The summed E-state index contributed by atoms with van der Waals surface area (Å²) in [5.74, 6) is -0.516. The van der Waals surface area contributed by atoms with Gasteiger partial charge in [-0.2, -0.15) is 0 Å². The zero-order chi connectivity index (χ0) is 14.7. The van der Waals surface area contributed by atoms with Gasteiger partial charge in [-0.05, 0) is 18.2 Å². The summed E-state index contributed by atoms with van der Waals surface area (Å²) in [4.78, 5) is 31.4. The number of hydrogen-bond donors (Lipinski definition) is 1. The quantitative estimate of drug-likeness (QED) is 0.664. The van der Waals surface area contributed by atoms with Gasteiger partial charge in [0.15, 0.2) is 0 Å². The van der Waals surface area contributed by atoms with Gasteiger partial charge in [-0.3, -0.25) is 19.9 Å². The highest BCUT2D eigenvalue weighted by Crippen LogP contribution is 2.22. The van der Waals surface area contributed by atoms with Crippen LogP contribution in [-0.2, 0) is 0 Å². The summed E-state index contributed by atoms with van der Waals surface area (Å²) in [7, 11) is 1.50. The van der Waals surface area contributed by atoms with Crippen molar-refractivity contribution in [1.82, 2.24) is 9.97 Å². The third-order valence-corrected chi connectivity index (χ3v) is 2.67. The van der Waals surface area contributed by atoms with Crippen LogP contribution in [0, 0.1) is 10.1 Å². The molecule has 0 spiro atoms. The Bertz CT molecular complexity index is 659. The third-order valence-electron chi connectivity index (χ3n) is 2.67. The zero-order valence-corrected chi connectivity index (χ0v) is 10.6. The maximum atomic E-state index is 12.3. The summed E-state index contributed by atoms with van der Waals surface area (Å²) in [6.07, 6.45) is 4.02. The molecule has 2 aromatic rings. The standard InChI is InChI=1S/C12H11N5O3/c1-16(8-3-2-4-14-6-8)12(18)9-5-11(13)15-7-10(9)17(19)20/h2-7H,1H3,(H2,13,15). The fraction of sp³-hybridized carbons (Fsp3) is 0.0833. The van der Waals surface area contributed by atoms with Crippen molar-refractivity contribution < 1.29 is 9.72 Å². The van der Waals surface area contributed by atoms with Crippen LogP contribution in [0.25, 0.3) is 0 Å². The summed E-state index contributed by atoms with van der Waals surface area (Å²) >= 11 is 0. The van der Waals surface area contributed by atoms with Crippen LogP contribution in [-0.4, -0.2) is 27.8 Å². The van der Waals surface area contributed by atoms with Gasteiger partial charge in [0.05, 0.1) is 16.8 Å². The van der Waals surface area contributed by atoms with Crippen molar-refractivity contribution in [3.8, 4) is 0 Å². The van der Waals surface area contributed by atoms with E-state index in [1.807, 2.05) is 0 Å². The number of carbonyl (C=O) groups is 1. The van der Waals surface area contributed by atoms with E-state index in [0.29, 0.717) is 5.69 Å². The van der Waals surface area contributed by atoms with E-state index < -0.39 is 10.8 Å². The number of amides is 1. The van der Waals surface area contributed by atoms with Gasteiger partial charge in [-0.1, -0.05) is 0 Å². The maximum absolute atomic E-state index is 12.3. The van der Waals surface area contributed by atoms with Crippen LogP contribution in [0.2, 0.25) is 0 Å². The molecule has 0 aromatic carbocycles. The Hall–Kier alpha value is -3.03. The molecule has 20 heavy (non-hydrogen) atoms. The largest absolute Gasteiger partial charge is 0.384 e. The molecule has 2 N–H and O–H groups in total. The van der Waals surface area contributed by atoms with Crippen molar-refractivity contribution in [1.29, 1.82) is 0 Å². The minimum atomic E-state index is -0.670. The molecular formula is C12H11N5O3. The Morgan fingerprint density at radius 2 is 2.20 bits per heavy atom. The van der Waals surface area contributed by atoms with Crippen LogP contribution < -0.4 is 10.6 Å². The number of nitrogens with two attached hydrogens (primary N) is 1. The first-order chi connectivity index (χ1) is 9.50. The minimum absolute atomic E-state index is 0.0403. The molecule has 0 fully saturated rings. The lowest BCUT2D eigenvalue weighted by Crippen LogP contribution is -2.27. The topological polar surface area (TPSA) is 115 Å². The number of nitrogens with zero attached hydrogens (tertiary/aromatic N) is 4. The number of rotatable bonds is 3. The van der Waals surface area contributed by atoms with Crippen molar-refractivity contribution in [3.63, 3.8) is 0 Å². The number of anilines is 2. The summed E-state index contributed by atoms with van der Waals surface area (Å²) in [5, 5.41) is 10.9. The molecule has 0 saturated carbocycles. The van der Waals surface area contributed by atoms with Gasteiger partial charge in [0, 0.05) is 13.2 Å². The second-order valence-electron chi connectivity index (χ2n) is 3.96. The third kappa shape index (κ3) is 2.53. The molecule has 0 saturated heterocycles. The molecule has 8 heteroatoms. The fourth-order valence-corrected chi connectivity index (χ4v) is 1.63. The lowest BCUT2D eigenvalue weighted by atomic mass is 10.2. The highest BCUT2D eigenvalue weighted by molar-refractivity contribution is 6.08. The SMILES string of the molecule is CN(C(=O)c1cc(N)ncc1[N+](=O)[O-])c1cccnc1. The number of carbonyl (C=O) groups excluding carboxylic acids is 1. The average molecular weight is 273 g/mol. The van der Waals surface area contributed by atoms with Gasteiger partial charge in [-0.15, -0.1) is 0 Å². The second kappa shape index (κ2) is 5.31. The van der Waals surface area contributed by atoms with Crippen LogP contribution in [0.1, 0.15) is 10.4 Å². The molecule has 2 rings (SSSR count). The average Bonchev–Trinajstić information content (AvgIpc) is 2.46. The van der Waals surface area contributed by atoms with Gasteiger partial charge in [0.25, 0.3) is 11.6 Å². The molecule has 0 aliphatic carbocycles. The van der Waals surface area contributed by atoms with E-state index in [0.717, 1.165) is 6.20 Å². The summed E-state index contributed by atoms with van der Waals surface area (Å²) < 4.78 is 0. The summed E-state index contributed by atoms with van der Waals surface area (Å²) in [5.41, 5.74) is 5.50. The van der Waals surface area contributed by atoms with Gasteiger partial charge in [0.1, 0.15) is 17.6 Å². The van der Waals surface area contributed by atoms with E-state index >= 15 is 0 Å². The number of pyridine rings is 2. The molecule has 0 aliphatic heterocycles. The first-order valence-electron chi connectivity index (χ1n) is 5.58. The predicted molar refractivity (Wildman–Crippen MR) is 72.3 cm³/mol. The van der Waals surface area contributed by atoms with E-state index in [1.165, 1.54) is 24.2 Å². The molecular weight excluding hydrogens is 262 g/mol. The Balaban J connectivity index is 2.43. The maximum Gasteiger partial charge on any atom is 0.300 e. The minimum Gasteiger partial charge on any atom is -0.384 e. The van der Waals surface area contributed by atoms with Crippen molar-refractivity contribution >= 4 is 23.1 Å². The second-order valence-corrected chi connectivity index (χ2v) is 3.96. The Morgan fingerprint density at radius 3 is 2.80 bits per heavy atom. The van der Waals surface area contributed by atoms with Gasteiger partial charge in [0.2, 0.25) is 0 Å². The molecule has 2 aromatic heterocycles. The number of nitrogen functional groups attached to an aromatic ring is 1. The van der Waals surface area contributed by atoms with Gasteiger partial charge >= 0.3 is 0 Å². The molecule has 0 bridgehead atoms. The van der Waals surface area contributed by atoms with Crippen LogP contribution in [0.3, 0.4) is 0 Å². The van der Waals surface area contributed by atoms with Crippen LogP contribution in [0.15, 0.2) is 36.8 Å². The van der Waals surface area contributed by atoms with Crippen molar-refractivity contribution in [2.45, 2.75) is 0 Å². The first kappa shape index (κ1) is 13.4. The monoisotopic (exact) mass is 273 g/mol. The van der Waals surface area contributed by atoms with E-state index in [2.05, 4.69) is 9.97 Å².